The molecule has 1 saturated heterocycles. The predicted octanol–water partition coefficient (Wildman–Crippen LogP) is 4.35. The number of carbonyl (C=O) groups excluding carboxylic acids is 1. The summed E-state index contributed by atoms with van der Waals surface area (Å²) >= 11 is 6.52. The molecule has 0 bridgehead atoms. The first-order valence-electron chi connectivity index (χ1n) is 11.2. The van der Waals surface area contributed by atoms with Crippen LogP contribution in [0.15, 0.2) is 18.2 Å². The second-order valence-corrected chi connectivity index (χ2v) is 11.5. The summed E-state index contributed by atoms with van der Waals surface area (Å²) in [7, 11) is -0.508. The quantitative estimate of drug-likeness (QED) is 0.429. The number of esters is 1. The van der Waals surface area contributed by atoms with Gasteiger partial charge in [-0.25, -0.2) is 0 Å². The molecular formula is C24H39BClNO5. The van der Waals surface area contributed by atoms with E-state index in [1.54, 1.807) is 26.0 Å². The van der Waals surface area contributed by atoms with Crippen LogP contribution >= 0.6 is 11.6 Å². The molecule has 1 aromatic carbocycles. The molecule has 0 aliphatic carbocycles. The van der Waals surface area contributed by atoms with Gasteiger partial charge in [0.25, 0.3) is 0 Å². The van der Waals surface area contributed by atoms with E-state index >= 15 is 0 Å². The second-order valence-electron chi connectivity index (χ2n) is 11.1. The Bertz CT molecular complexity index is 811. The Hall–Kier alpha value is -1.28. The third kappa shape index (κ3) is 6.19. The Morgan fingerprint density at radius 3 is 2.19 bits per heavy atom. The van der Waals surface area contributed by atoms with Crippen molar-refractivity contribution in [2.45, 2.75) is 85.5 Å². The molecule has 8 heteroatoms. The van der Waals surface area contributed by atoms with Crippen LogP contribution in [0.25, 0.3) is 0 Å². The molecule has 6 nitrogen and oxygen atoms in total. The van der Waals surface area contributed by atoms with E-state index in [1.807, 2.05) is 40.7 Å². The summed E-state index contributed by atoms with van der Waals surface area (Å²) in [6.07, 6.45) is 0.607. The van der Waals surface area contributed by atoms with Crippen LogP contribution in [0.2, 0.25) is 5.02 Å². The molecule has 0 amide bonds. The van der Waals surface area contributed by atoms with Crippen LogP contribution in [0.4, 0.5) is 0 Å². The van der Waals surface area contributed by atoms with Gasteiger partial charge in [0, 0.05) is 6.54 Å². The minimum atomic E-state index is -0.839. The van der Waals surface area contributed by atoms with E-state index in [0.717, 1.165) is 5.46 Å². The number of hydrogen-bond donors (Lipinski definition) is 1. The summed E-state index contributed by atoms with van der Waals surface area (Å²) < 4.78 is 23.9. The zero-order valence-corrected chi connectivity index (χ0v) is 21.8. The lowest BCUT2D eigenvalue weighted by atomic mass is 9.79. The Labute approximate surface area is 198 Å². The van der Waals surface area contributed by atoms with E-state index in [0.29, 0.717) is 17.2 Å². The van der Waals surface area contributed by atoms with Crippen molar-refractivity contribution in [3.8, 4) is 5.75 Å². The highest BCUT2D eigenvalue weighted by atomic mass is 35.5. The monoisotopic (exact) mass is 467 g/mol. The fraction of sp³-hybridized carbons (Fsp3) is 0.708. The van der Waals surface area contributed by atoms with E-state index in [4.69, 9.17) is 36.1 Å². The molecule has 0 radical (unpaired) electrons. The Morgan fingerprint density at radius 2 is 1.72 bits per heavy atom. The molecule has 0 unspecified atom stereocenters. The van der Waals surface area contributed by atoms with Crippen molar-refractivity contribution in [1.82, 2.24) is 0 Å². The van der Waals surface area contributed by atoms with Gasteiger partial charge >= 0.3 is 13.1 Å². The molecule has 0 spiro atoms. The van der Waals surface area contributed by atoms with Crippen molar-refractivity contribution in [1.29, 1.82) is 0 Å². The standard InChI is InChI=1S/C24H39BClNO5/c1-16(2)13-24(9,20(28)30-21(3,4)14-27)15-29-19-11-10-17(12-18(19)26)25-31-22(5,6)23(7,8)32-25/h10-12,16H,13-15,27H2,1-9H3/t24-/m0/s1. The molecule has 1 heterocycles. The lowest BCUT2D eigenvalue weighted by Gasteiger charge is -2.33. The first-order chi connectivity index (χ1) is 14.5. The smallest absolute Gasteiger partial charge is 0.491 e. The zero-order chi connectivity index (χ0) is 24.5. The Kier molecular flexibility index (Phi) is 8.03. The minimum Gasteiger partial charge on any atom is -0.491 e. The molecule has 2 N–H and O–H groups in total. The molecule has 1 aromatic rings. The zero-order valence-electron chi connectivity index (χ0n) is 21.0. The minimum absolute atomic E-state index is 0.139. The third-order valence-corrected chi connectivity index (χ3v) is 6.54. The average Bonchev–Trinajstić information content (AvgIpc) is 2.87. The maximum absolute atomic E-state index is 13.0. The van der Waals surface area contributed by atoms with Crippen molar-refractivity contribution in [2.24, 2.45) is 17.1 Å². The first-order valence-corrected chi connectivity index (χ1v) is 11.6. The van der Waals surface area contributed by atoms with Gasteiger partial charge in [-0.15, -0.1) is 0 Å². The normalized spacial score (nSPS) is 19.7. The summed E-state index contributed by atoms with van der Waals surface area (Å²) in [6, 6.07) is 5.45. The van der Waals surface area contributed by atoms with Crippen molar-refractivity contribution < 1.29 is 23.6 Å². The van der Waals surface area contributed by atoms with Gasteiger partial charge in [-0.2, -0.15) is 0 Å². The molecule has 0 saturated carbocycles. The highest BCUT2D eigenvalue weighted by Crippen LogP contribution is 2.37. The van der Waals surface area contributed by atoms with Gasteiger partial charge in [0.15, 0.2) is 0 Å². The number of rotatable bonds is 9. The summed E-state index contributed by atoms with van der Waals surface area (Å²) in [4.78, 5) is 13.0. The van der Waals surface area contributed by atoms with Crippen molar-refractivity contribution in [2.75, 3.05) is 13.2 Å². The van der Waals surface area contributed by atoms with Crippen LogP contribution in [-0.4, -0.2) is 43.0 Å². The van der Waals surface area contributed by atoms with Crippen LogP contribution in [0.3, 0.4) is 0 Å². The van der Waals surface area contributed by atoms with Crippen LogP contribution in [0, 0.1) is 11.3 Å². The Morgan fingerprint density at radius 1 is 1.16 bits per heavy atom. The van der Waals surface area contributed by atoms with Crippen molar-refractivity contribution in [3.05, 3.63) is 23.2 Å². The lowest BCUT2D eigenvalue weighted by Crippen LogP contribution is -2.44. The van der Waals surface area contributed by atoms with Gasteiger partial charge < -0.3 is 24.5 Å². The maximum Gasteiger partial charge on any atom is 0.494 e. The summed E-state index contributed by atoms with van der Waals surface area (Å²) in [5.74, 6) is 0.442. The van der Waals surface area contributed by atoms with E-state index < -0.39 is 29.3 Å². The molecule has 32 heavy (non-hydrogen) atoms. The topological polar surface area (TPSA) is 80.0 Å². The van der Waals surface area contributed by atoms with Gasteiger partial charge in [0.1, 0.15) is 18.0 Å². The third-order valence-electron chi connectivity index (χ3n) is 6.24. The predicted molar refractivity (Wildman–Crippen MR) is 129 cm³/mol. The molecule has 0 aromatic heterocycles. The molecule has 1 aliphatic rings. The average molecular weight is 468 g/mol. The van der Waals surface area contributed by atoms with Crippen LogP contribution in [-0.2, 0) is 18.8 Å². The SMILES string of the molecule is CC(C)C[C@@](C)(COc1ccc(B2OC(C)(C)C(C)(C)O2)cc1Cl)C(=O)OC(C)(C)CN. The number of halogens is 1. The van der Waals surface area contributed by atoms with E-state index in [2.05, 4.69) is 13.8 Å². The molecule has 180 valence electrons. The second kappa shape index (κ2) is 9.53. The number of nitrogens with two attached hydrogens (primary N) is 1. The number of ether oxygens (including phenoxy) is 2. The highest BCUT2D eigenvalue weighted by Gasteiger charge is 2.51. The van der Waals surface area contributed by atoms with Crippen molar-refractivity contribution >= 4 is 30.2 Å². The lowest BCUT2D eigenvalue weighted by molar-refractivity contribution is -0.170. The molecule has 1 atom stereocenters. The molecular weight excluding hydrogens is 429 g/mol. The van der Waals surface area contributed by atoms with Gasteiger partial charge in [0.05, 0.1) is 21.6 Å². The fourth-order valence-corrected chi connectivity index (χ4v) is 3.76. The molecule has 1 fully saturated rings. The molecule has 2 rings (SSSR count). The largest absolute Gasteiger partial charge is 0.494 e. The maximum atomic E-state index is 13.0. The number of hydrogen-bond acceptors (Lipinski definition) is 6. The van der Waals surface area contributed by atoms with Gasteiger partial charge in [-0.3, -0.25) is 4.79 Å². The summed E-state index contributed by atoms with van der Waals surface area (Å²) in [6.45, 7) is 18.0. The van der Waals surface area contributed by atoms with Crippen molar-refractivity contribution in [3.63, 3.8) is 0 Å². The van der Waals surface area contributed by atoms with Gasteiger partial charge in [0.2, 0.25) is 0 Å². The fourth-order valence-electron chi connectivity index (χ4n) is 3.51. The van der Waals surface area contributed by atoms with E-state index in [-0.39, 0.29) is 25.0 Å². The summed E-state index contributed by atoms with van der Waals surface area (Å²) in [5, 5.41) is 0.430. The van der Waals surface area contributed by atoms with Gasteiger partial charge in [-0.1, -0.05) is 31.5 Å². The van der Waals surface area contributed by atoms with E-state index in [1.165, 1.54) is 0 Å². The van der Waals surface area contributed by atoms with Crippen LogP contribution in [0.1, 0.15) is 68.7 Å². The van der Waals surface area contributed by atoms with Crippen LogP contribution in [0.5, 0.6) is 5.75 Å². The Balaban J connectivity index is 2.16. The number of benzene rings is 1. The first kappa shape index (κ1) is 27.0. The summed E-state index contributed by atoms with van der Waals surface area (Å²) in [5.41, 5.74) is 4.10. The highest BCUT2D eigenvalue weighted by molar-refractivity contribution is 6.62. The number of carbonyl (C=O) groups is 1. The van der Waals surface area contributed by atoms with E-state index in [9.17, 15) is 4.79 Å². The molecule has 1 aliphatic heterocycles. The van der Waals surface area contributed by atoms with Gasteiger partial charge in [-0.05, 0) is 78.4 Å². The van der Waals surface area contributed by atoms with Crippen LogP contribution < -0.4 is 15.9 Å².